The number of H-pyrrole nitrogens is 1. The third-order valence-corrected chi connectivity index (χ3v) is 6.52. The minimum absolute atomic E-state index is 0.0187. The van der Waals surface area contributed by atoms with E-state index in [-0.39, 0.29) is 11.3 Å². The Morgan fingerprint density at radius 2 is 1.97 bits per heavy atom. The van der Waals surface area contributed by atoms with Gasteiger partial charge in [0.1, 0.15) is 11.4 Å². The Kier molecular flexibility index (Phi) is 4.43. The highest BCUT2D eigenvalue weighted by molar-refractivity contribution is 6.04. The predicted octanol–water partition coefficient (Wildman–Crippen LogP) is 5.86. The molecule has 0 unspecified atom stereocenters. The molecule has 6 nitrogen and oxygen atoms in total. The molecule has 0 radical (unpaired) electrons. The van der Waals surface area contributed by atoms with Crippen LogP contribution < -0.4 is 10.1 Å². The molecule has 0 atom stereocenters. The molecule has 1 aliphatic heterocycles. The molecule has 2 N–H and O–H groups in total. The van der Waals surface area contributed by atoms with Crippen molar-refractivity contribution in [2.45, 2.75) is 57.3 Å². The summed E-state index contributed by atoms with van der Waals surface area (Å²) in [5, 5.41) is 7.09. The monoisotopic (exact) mass is 417 g/mol. The fourth-order valence-electron chi connectivity index (χ4n) is 4.55. The number of anilines is 1. The van der Waals surface area contributed by atoms with Crippen molar-refractivity contribution < 1.29 is 9.53 Å². The first-order valence-electron chi connectivity index (χ1n) is 10.9. The zero-order valence-corrected chi connectivity index (χ0v) is 18.2. The van der Waals surface area contributed by atoms with E-state index in [4.69, 9.17) is 4.74 Å². The van der Waals surface area contributed by atoms with Crippen LogP contribution >= 0.6 is 0 Å². The average Bonchev–Trinajstić information content (AvgIpc) is 3.48. The Balaban J connectivity index is 1.44. The highest BCUT2D eigenvalue weighted by Gasteiger charge is 2.51. The number of benzene rings is 2. The van der Waals surface area contributed by atoms with Crippen molar-refractivity contribution in [3.8, 4) is 5.75 Å². The highest BCUT2D eigenvalue weighted by atomic mass is 16.5. The number of fused-ring (bicyclic) bond motifs is 2. The Hall–Kier alpha value is -3.15. The van der Waals surface area contributed by atoms with E-state index >= 15 is 0 Å². The molecular formula is C25H27N3O3. The summed E-state index contributed by atoms with van der Waals surface area (Å²) < 4.78 is 5.81. The van der Waals surface area contributed by atoms with Crippen molar-refractivity contribution in [3.63, 3.8) is 0 Å². The van der Waals surface area contributed by atoms with E-state index < -0.39 is 5.41 Å². The Morgan fingerprint density at radius 1 is 1.16 bits per heavy atom. The molecule has 2 aromatic carbocycles. The molecule has 0 saturated heterocycles. The van der Waals surface area contributed by atoms with Crippen molar-refractivity contribution in [1.82, 2.24) is 4.98 Å². The van der Waals surface area contributed by atoms with Crippen LogP contribution in [0.5, 0.6) is 5.75 Å². The minimum Gasteiger partial charge on any atom is -0.493 e. The molecule has 2 aliphatic rings. The maximum Gasteiger partial charge on any atom is 0.235 e. The van der Waals surface area contributed by atoms with E-state index in [0.29, 0.717) is 11.4 Å². The number of aromatic amines is 1. The van der Waals surface area contributed by atoms with Gasteiger partial charge in [0.15, 0.2) is 0 Å². The van der Waals surface area contributed by atoms with Crippen LogP contribution in [0.15, 0.2) is 41.6 Å². The Morgan fingerprint density at radius 3 is 2.68 bits per heavy atom. The maximum atomic E-state index is 13.3. The second-order valence-corrected chi connectivity index (χ2v) is 9.76. The number of aryl methyl sites for hydroxylation is 1. The topological polar surface area (TPSA) is 83.6 Å². The highest BCUT2D eigenvalue weighted by Crippen LogP contribution is 2.50. The van der Waals surface area contributed by atoms with Crippen LogP contribution in [0.1, 0.15) is 56.9 Å². The first-order valence-corrected chi connectivity index (χ1v) is 10.9. The lowest BCUT2D eigenvalue weighted by Crippen LogP contribution is -2.28. The quantitative estimate of drug-likeness (QED) is 0.522. The number of hydrogen-bond acceptors (Lipinski definition) is 4. The van der Waals surface area contributed by atoms with Crippen molar-refractivity contribution in [3.05, 3.63) is 58.1 Å². The molecule has 160 valence electrons. The summed E-state index contributed by atoms with van der Waals surface area (Å²) in [7, 11) is 0. The number of aromatic nitrogens is 1. The first kappa shape index (κ1) is 19.8. The van der Waals surface area contributed by atoms with Crippen LogP contribution in [0.25, 0.3) is 10.9 Å². The third-order valence-electron chi connectivity index (χ3n) is 6.52. The molecule has 6 heteroatoms. The molecule has 5 rings (SSSR count). The van der Waals surface area contributed by atoms with Crippen molar-refractivity contribution in [1.29, 1.82) is 0 Å². The van der Waals surface area contributed by atoms with E-state index in [1.165, 1.54) is 5.56 Å². The maximum absolute atomic E-state index is 13.3. The standard InChI is InChI=1S/C25H27N3O3/c1-24(2,3)22-21(28-30)18-14-17(8-9-19(18)27-22)26-23(29)25(10-11-25)16-7-6-15-5-4-12-31-20(15)13-16/h6-9,13-14,27H,4-5,10-12H2,1-3H3,(H,26,29). The lowest BCUT2D eigenvalue weighted by molar-refractivity contribution is -0.118. The first-order chi connectivity index (χ1) is 14.8. The molecule has 31 heavy (non-hydrogen) atoms. The summed E-state index contributed by atoms with van der Waals surface area (Å²) in [4.78, 5) is 28.2. The van der Waals surface area contributed by atoms with Crippen LogP contribution in [0.3, 0.4) is 0 Å². The van der Waals surface area contributed by atoms with Crippen LogP contribution in [-0.2, 0) is 22.0 Å². The fourth-order valence-corrected chi connectivity index (χ4v) is 4.55. The molecule has 1 amide bonds. The van der Waals surface area contributed by atoms with Crippen LogP contribution in [0.2, 0.25) is 0 Å². The molecule has 1 aliphatic carbocycles. The predicted molar refractivity (Wildman–Crippen MR) is 122 cm³/mol. The van der Waals surface area contributed by atoms with Gasteiger partial charge in [-0.1, -0.05) is 32.9 Å². The normalized spacial score (nSPS) is 17.0. The van der Waals surface area contributed by atoms with Gasteiger partial charge in [-0.05, 0) is 66.3 Å². The van der Waals surface area contributed by atoms with Gasteiger partial charge in [0, 0.05) is 22.0 Å². The van der Waals surface area contributed by atoms with Crippen LogP contribution in [0, 0.1) is 4.91 Å². The summed E-state index contributed by atoms with van der Waals surface area (Å²) in [5.74, 6) is 0.891. The largest absolute Gasteiger partial charge is 0.493 e. The van der Waals surface area contributed by atoms with Gasteiger partial charge in [-0.15, -0.1) is 4.91 Å². The van der Waals surface area contributed by atoms with E-state index in [2.05, 4.69) is 27.6 Å². The van der Waals surface area contributed by atoms with Gasteiger partial charge >= 0.3 is 0 Å². The Bertz CT molecular complexity index is 1200. The van der Waals surface area contributed by atoms with E-state index in [9.17, 15) is 9.70 Å². The zero-order chi connectivity index (χ0) is 21.8. The number of nitrogens with zero attached hydrogens (tertiary/aromatic N) is 1. The second kappa shape index (κ2) is 6.94. The number of nitrogens with one attached hydrogen (secondary N) is 2. The average molecular weight is 418 g/mol. The fraction of sp³-hybridized carbons (Fsp3) is 0.400. The molecule has 1 saturated carbocycles. The van der Waals surface area contributed by atoms with Crippen LogP contribution in [-0.4, -0.2) is 17.5 Å². The molecule has 2 heterocycles. The third kappa shape index (κ3) is 3.30. The molecule has 3 aromatic rings. The molecule has 1 fully saturated rings. The summed E-state index contributed by atoms with van der Waals surface area (Å²) in [5.41, 5.74) is 4.20. The number of carbonyl (C=O) groups excluding carboxylic acids is 1. The second-order valence-electron chi connectivity index (χ2n) is 9.76. The van der Waals surface area contributed by atoms with Crippen molar-refractivity contribution >= 4 is 28.2 Å². The van der Waals surface area contributed by atoms with E-state index in [1.54, 1.807) is 0 Å². The Labute approximate surface area is 181 Å². The molecule has 0 bridgehead atoms. The number of nitroso groups, excluding NO2 is 1. The van der Waals surface area contributed by atoms with Crippen molar-refractivity contribution in [2.75, 3.05) is 11.9 Å². The molecule has 0 spiro atoms. The van der Waals surface area contributed by atoms with Gasteiger partial charge in [-0.3, -0.25) is 4.79 Å². The smallest absolute Gasteiger partial charge is 0.235 e. The van der Waals surface area contributed by atoms with E-state index in [1.807, 2.05) is 45.0 Å². The number of hydrogen-bond donors (Lipinski definition) is 2. The van der Waals surface area contributed by atoms with Crippen LogP contribution in [0.4, 0.5) is 11.4 Å². The van der Waals surface area contributed by atoms with Gasteiger partial charge in [-0.25, -0.2) is 0 Å². The summed E-state index contributed by atoms with van der Waals surface area (Å²) in [6.07, 6.45) is 3.70. The number of amides is 1. The summed E-state index contributed by atoms with van der Waals surface area (Å²) in [6, 6.07) is 11.8. The summed E-state index contributed by atoms with van der Waals surface area (Å²) >= 11 is 0. The lowest BCUT2D eigenvalue weighted by atomic mass is 9.91. The van der Waals surface area contributed by atoms with Gasteiger partial charge in [0.2, 0.25) is 5.91 Å². The lowest BCUT2D eigenvalue weighted by Gasteiger charge is -2.21. The minimum atomic E-state index is -0.509. The zero-order valence-electron chi connectivity index (χ0n) is 18.2. The molecule has 1 aromatic heterocycles. The van der Waals surface area contributed by atoms with Gasteiger partial charge in [0.05, 0.1) is 17.7 Å². The van der Waals surface area contributed by atoms with E-state index in [0.717, 1.165) is 60.2 Å². The van der Waals surface area contributed by atoms with Gasteiger partial charge < -0.3 is 15.0 Å². The number of carbonyl (C=O) groups is 1. The SMILES string of the molecule is CC(C)(C)c1[nH]c2ccc(NC(=O)C3(c4ccc5c(c4)OCCC5)CC3)cc2c1N=O. The van der Waals surface area contributed by atoms with Gasteiger partial charge in [-0.2, -0.15) is 0 Å². The number of ether oxygens (including phenoxy) is 1. The van der Waals surface area contributed by atoms with Crippen molar-refractivity contribution in [2.24, 2.45) is 5.18 Å². The number of rotatable bonds is 4. The molecular weight excluding hydrogens is 390 g/mol. The summed E-state index contributed by atoms with van der Waals surface area (Å²) in [6.45, 7) is 6.84. The van der Waals surface area contributed by atoms with Gasteiger partial charge in [0.25, 0.3) is 0 Å².